The van der Waals surface area contributed by atoms with E-state index >= 15 is 0 Å². The van der Waals surface area contributed by atoms with Crippen LogP contribution in [0.3, 0.4) is 0 Å². The topological polar surface area (TPSA) is 101 Å². The summed E-state index contributed by atoms with van der Waals surface area (Å²) in [4.78, 5) is 20.8. The van der Waals surface area contributed by atoms with Crippen LogP contribution in [0, 0.1) is 6.92 Å². The number of carbonyl (C=O) groups is 1. The van der Waals surface area contributed by atoms with Gasteiger partial charge in [-0.2, -0.15) is 4.98 Å². The molecule has 1 amide bonds. The Morgan fingerprint density at radius 1 is 1.44 bits per heavy atom. The second-order valence-corrected chi connectivity index (χ2v) is 6.43. The van der Waals surface area contributed by atoms with E-state index in [1.165, 1.54) is 0 Å². The Morgan fingerprint density at radius 3 is 2.96 bits per heavy atom. The van der Waals surface area contributed by atoms with Gasteiger partial charge in [-0.05, 0) is 20.4 Å². The lowest BCUT2D eigenvalue weighted by Gasteiger charge is -2.23. The number of rotatable bonds is 7. The zero-order valence-corrected chi connectivity index (χ0v) is 14.9. The number of nitrogens with zero attached hydrogens (tertiary/aromatic N) is 5. The molecule has 9 nitrogen and oxygen atoms in total. The van der Waals surface area contributed by atoms with E-state index in [1.54, 1.807) is 6.07 Å². The number of likely N-dealkylation sites (tertiary alicyclic amines) is 1. The fraction of sp³-hybridized carbons (Fsp3) is 0.625. The first-order valence-corrected chi connectivity index (χ1v) is 8.50. The lowest BCUT2D eigenvalue weighted by molar-refractivity contribution is -0.117. The molecule has 0 aliphatic carbocycles. The molecule has 1 N–H and O–H groups in total. The SMILES string of the molecule is CCc1nc(CN(C)[C@@H]2CCN(CC(=O)Nc3cc(C)no3)C2)no1. The van der Waals surface area contributed by atoms with Gasteiger partial charge in [0.05, 0.1) is 18.8 Å². The molecule has 2 aromatic heterocycles. The molecule has 9 heteroatoms. The smallest absolute Gasteiger partial charge is 0.240 e. The van der Waals surface area contributed by atoms with Crippen molar-refractivity contribution >= 4 is 11.8 Å². The minimum Gasteiger partial charge on any atom is -0.339 e. The molecular weight excluding hydrogens is 324 g/mol. The van der Waals surface area contributed by atoms with Crippen LogP contribution in [0.25, 0.3) is 0 Å². The van der Waals surface area contributed by atoms with E-state index in [0.29, 0.717) is 36.7 Å². The van der Waals surface area contributed by atoms with Crippen LogP contribution >= 0.6 is 0 Å². The summed E-state index contributed by atoms with van der Waals surface area (Å²) in [5, 5.41) is 10.5. The molecule has 0 unspecified atom stereocenters. The average Bonchev–Trinajstić information content (AvgIpc) is 3.29. The predicted octanol–water partition coefficient (Wildman–Crippen LogP) is 1.07. The van der Waals surface area contributed by atoms with Crippen LogP contribution in [0.2, 0.25) is 0 Å². The summed E-state index contributed by atoms with van der Waals surface area (Å²) in [6.07, 6.45) is 1.75. The maximum absolute atomic E-state index is 12.1. The number of likely N-dealkylation sites (N-methyl/N-ethyl adjacent to an activating group) is 1. The fourth-order valence-electron chi connectivity index (χ4n) is 2.97. The maximum Gasteiger partial charge on any atom is 0.240 e. The molecule has 0 aromatic carbocycles. The molecule has 3 heterocycles. The molecule has 0 radical (unpaired) electrons. The van der Waals surface area contributed by atoms with Crippen molar-refractivity contribution in [1.29, 1.82) is 0 Å². The van der Waals surface area contributed by atoms with E-state index in [0.717, 1.165) is 31.6 Å². The van der Waals surface area contributed by atoms with E-state index in [2.05, 4.69) is 30.4 Å². The van der Waals surface area contributed by atoms with E-state index in [1.807, 2.05) is 20.9 Å². The highest BCUT2D eigenvalue weighted by atomic mass is 16.5. The van der Waals surface area contributed by atoms with Gasteiger partial charge in [0, 0.05) is 31.6 Å². The summed E-state index contributed by atoms with van der Waals surface area (Å²) in [5.41, 5.74) is 0.742. The predicted molar refractivity (Wildman–Crippen MR) is 89.9 cm³/mol. The summed E-state index contributed by atoms with van der Waals surface area (Å²) >= 11 is 0. The second-order valence-electron chi connectivity index (χ2n) is 6.43. The average molecular weight is 348 g/mol. The first-order chi connectivity index (χ1) is 12.0. The number of aryl methyl sites for hydroxylation is 2. The summed E-state index contributed by atoms with van der Waals surface area (Å²) in [7, 11) is 2.05. The summed E-state index contributed by atoms with van der Waals surface area (Å²) in [6, 6.07) is 2.07. The minimum atomic E-state index is -0.0924. The van der Waals surface area contributed by atoms with Crippen molar-refractivity contribution in [3.8, 4) is 0 Å². The first-order valence-electron chi connectivity index (χ1n) is 8.50. The third-order valence-corrected chi connectivity index (χ3v) is 4.33. The third-order valence-electron chi connectivity index (χ3n) is 4.33. The van der Waals surface area contributed by atoms with Gasteiger partial charge in [-0.3, -0.25) is 19.9 Å². The molecule has 1 fully saturated rings. The standard InChI is InChI=1S/C16H24N6O3/c1-4-15-17-13(20-24-15)9-21(3)12-5-6-22(8-12)10-14(23)18-16-7-11(2)19-25-16/h7,12H,4-6,8-10H2,1-3H3,(H,18,23)/t12-/m1/s1. The molecule has 3 rings (SSSR count). The Bertz CT molecular complexity index is 712. The Hall–Kier alpha value is -2.26. The van der Waals surface area contributed by atoms with Crippen LogP contribution in [0.5, 0.6) is 0 Å². The largest absolute Gasteiger partial charge is 0.339 e. The monoisotopic (exact) mass is 348 g/mol. The van der Waals surface area contributed by atoms with Crippen molar-refractivity contribution in [3.63, 3.8) is 0 Å². The van der Waals surface area contributed by atoms with Crippen LogP contribution in [0.4, 0.5) is 5.88 Å². The van der Waals surface area contributed by atoms with Crippen LogP contribution < -0.4 is 5.32 Å². The molecule has 1 aliphatic rings. The van der Waals surface area contributed by atoms with E-state index in [4.69, 9.17) is 9.05 Å². The normalized spacial score (nSPS) is 18.2. The van der Waals surface area contributed by atoms with Crippen molar-refractivity contribution in [2.24, 2.45) is 0 Å². The highest BCUT2D eigenvalue weighted by molar-refractivity contribution is 5.90. The van der Waals surface area contributed by atoms with Crippen LogP contribution in [0.1, 0.15) is 30.8 Å². The summed E-state index contributed by atoms with van der Waals surface area (Å²) < 4.78 is 10.1. The molecule has 2 aromatic rings. The van der Waals surface area contributed by atoms with Crippen molar-refractivity contribution < 1.29 is 13.8 Å². The highest BCUT2D eigenvalue weighted by Gasteiger charge is 2.27. The Kier molecular flexibility index (Phi) is 5.44. The number of hydrogen-bond donors (Lipinski definition) is 1. The summed E-state index contributed by atoms with van der Waals surface area (Å²) in [6.45, 7) is 6.49. The lowest BCUT2D eigenvalue weighted by Crippen LogP contribution is -2.37. The quantitative estimate of drug-likeness (QED) is 0.793. The molecular formula is C16H24N6O3. The van der Waals surface area contributed by atoms with Gasteiger partial charge in [-0.25, -0.2) is 0 Å². The number of aromatic nitrogens is 3. The number of carbonyl (C=O) groups excluding carboxylic acids is 1. The van der Waals surface area contributed by atoms with Gasteiger partial charge < -0.3 is 9.05 Å². The molecule has 25 heavy (non-hydrogen) atoms. The molecule has 0 saturated carbocycles. The van der Waals surface area contributed by atoms with Crippen molar-refractivity contribution in [1.82, 2.24) is 25.1 Å². The van der Waals surface area contributed by atoms with Gasteiger partial charge >= 0.3 is 0 Å². The molecule has 0 bridgehead atoms. The van der Waals surface area contributed by atoms with Gasteiger partial charge in [0.25, 0.3) is 0 Å². The number of amides is 1. The Balaban J connectivity index is 1.45. The van der Waals surface area contributed by atoms with Crippen molar-refractivity contribution in [2.45, 2.75) is 39.3 Å². The summed E-state index contributed by atoms with van der Waals surface area (Å²) in [5.74, 6) is 1.66. The zero-order chi connectivity index (χ0) is 17.8. The Labute approximate surface area is 146 Å². The number of anilines is 1. The van der Waals surface area contributed by atoms with Gasteiger partial charge in [0.2, 0.25) is 17.7 Å². The maximum atomic E-state index is 12.1. The van der Waals surface area contributed by atoms with Crippen LogP contribution in [-0.4, -0.2) is 63.7 Å². The van der Waals surface area contributed by atoms with Gasteiger partial charge in [0.15, 0.2) is 5.82 Å². The highest BCUT2D eigenvalue weighted by Crippen LogP contribution is 2.16. The molecule has 1 aliphatic heterocycles. The third kappa shape index (κ3) is 4.64. The second kappa shape index (κ2) is 7.75. The zero-order valence-electron chi connectivity index (χ0n) is 14.9. The van der Waals surface area contributed by atoms with Crippen LogP contribution in [0.15, 0.2) is 15.1 Å². The van der Waals surface area contributed by atoms with Gasteiger partial charge in [-0.15, -0.1) is 0 Å². The molecule has 0 spiro atoms. The molecule has 1 atom stereocenters. The van der Waals surface area contributed by atoms with Crippen LogP contribution in [-0.2, 0) is 17.8 Å². The van der Waals surface area contributed by atoms with E-state index in [9.17, 15) is 4.79 Å². The van der Waals surface area contributed by atoms with Gasteiger partial charge in [0.1, 0.15) is 0 Å². The lowest BCUT2D eigenvalue weighted by atomic mass is 10.2. The molecule has 1 saturated heterocycles. The Morgan fingerprint density at radius 2 is 2.28 bits per heavy atom. The van der Waals surface area contributed by atoms with Crippen molar-refractivity contribution in [3.05, 3.63) is 23.5 Å². The van der Waals surface area contributed by atoms with Gasteiger partial charge in [-0.1, -0.05) is 17.2 Å². The fourth-order valence-corrected chi connectivity index (χ4v) is 2.97. The first kappa shape index (κ1) is 17.6. The van der Waals surface area contributed by atoms with E-state index < -0.39 is 0 Å². The number of hydrogen-bond acceptors (Lipinski definition) is 8. The minimum absolute atomic E-state index is 0.0924. The van der Waals surface area contributed by atoms with E-state index in [-0.39, 0.29) is 5.91 Å². The van der Waals surface area contributed by atoms with Crippen molar-refractivity contribution in [2.75, 3.05) is 32.0 Å². The molecule has 136 valence electrons. The number of nitrogens with one attached hydrogen (secondary N) is 1.